The molecular formula is C15H21N3O2. The average molecular weight is 275 g/mol. The van der Waals surface area contributed by atoms with Gasteiger partial charge in [-0.1, -0.05) is 6.42 Å². The minimum atomic E-state index is -0.512. The normalized spacial score (nSPS) is 25.4. The zero-order valence-corrected chi connectivity index (χ0v) is 11.8. The van der Waals surface area contributed by atoms with Crippen LogP contribution in [0.1, 0.15) is 38.4 Å². The van der Waals surface area contributed by atoms with Gasteiger partial charge in [0.15, 0.2) is 0 Å². The molecule has 5 nitrogen and oxygen atoms in total. The van der Waals surface area contributed by atoms with Gasteiger partial charge in [-0.05, 0) is 31.9 Å². The van der Waals surface area contributed by atoms with E-state index in [-0.39, 0.29) is 11.9 Å². The molecule has 1 aliphatic carbocycles. The number of amides is 1. The molecule has 1 amide bonds. The van der Waals surface area contributed by atoms with Crippen molar-refractivity contribution in [1.29, 1.82) is 5.26 Å². The second-order valence-corrected chi connectivity index (χ2v) is 5.63. The lowest BCUT2D eigenvalue weighted by Gasteiger charge is -2.33. The van der Waals surface area contributed by atoms with E-state index in [9.17, 15) is 4.79 Å². The Morgan fingerprint density at radius 1 is 1.70 bits per heavy atom. The monoisotopic (exact) mass is 275 g/mol. The van der Waals surface area contributed by atoms with Crippen molar-refractivity contribution in [2.75, 3.05) is 6.54 Å². The van der Waals surface area contributed by atoms with Crippen molar-refractivity contribution < 1.29 is 9.21 Å². The number of hydrogen-bond acceptors (Lipinski definition) is 4. The van der Waals surface area contributed by atoms with Gasteiger partial charge in [-0.3, -0.25) is 4.79 Å². The topological polar surface area (TPSA) is 83.3 Å². The van der Waals surface area contributed by atoms with Gasteiger partial charge in [0.2, 0.25) is 5.91 Å². The van der Waals surface area contributed by atoms with E-state index in [0.29, 0.717) is 19.5 Å². The highest BCUT2D eigenvalue weighted by Crippen LogP contribution is 2.38. The van der Waals surface area contributed by atoms with Crippen molar-refractivity contribution in [3.05, 3.63) is 24.2 Å². The van der Waals surface area contributed by atoms with E-state index < -0.39 is 5.41 Å². The average Bonchev–Trinajstić information content (AvgIpc) is 3.05. The molecule has 0 saturated heterocycles. The van der Waals surface area contributed by atoms with Crippen LogP contribution in [0.5, 0.6) is 0 Å². The first-order chi connectivity index (χ1) is 9.58. The minimum Gasteiger partial charge on any atom is -0.467 e. The van der Waals surface area contributed by atoms with E-state index in [2.05, 4.69) is 6.07 Å². The summed E-state index contributed by atoms with van der Waals surface area (Å²) in [5.41, 5.74) is 5.61. The maximum absolute atomic E-state index is 12.8. The van der Waals surface area contributed by atoms with Crippen molar-refractivity contribution in [2.45, 2.75) is 45.2 Å². The second kappa shape index (κ2) is 6.10. The van der Waals surface area contributed by atoms with Gasteiger partial charge in [0.05, 0.1) is 30.7 Å². The molecule has 0 aromatic carbocycles. The number of nitrogens with zero attached hydrogens (tertiary/aromatic N) is 2. The lowest BCUT2D eigenvalue weighted by atomic mass is 9.83. The molecule has 2 N–H and O–H groups in total. The first kappa shape index (κ1) is 14.6. The maximum atomic E-state index is 12.8. The summed E-state index contributed by atoms with van der Waals surface area (Å²) in [5.74, 6) is 0.764. The van der Waals surface area contributed by atoms with Gasteiger partial charge < -0.3 is 15.1 Å². The lowest BCUT2D eigenvalue weighted by molar-refractivity contribution is -0.142. The summed E-state index contributed by atoms with van der Waals surface area (Å²) in [6, 6.07) is 5.62. The molecule has 1 aromatic rings. The molecule has 1 saturated carbocycles. The van der Waals surface area contributed by atoms with Crippen LogP contribution in [0.15, 0.2) is 22.8 Å². The SMILES string of the molecule is CC1(C(=O)N(CCC#N)Cc2ccco2)CCCC1N. The summed E-state index contributed by atoms with van der Waals surface area (Å²) in [6.07, 6.45) is 4.59. The van der Waals surface area contributed by atoms with Gasteiger partial charge in [-0.25, -0.2) is 0 Å². The fraction of sp³-hybridized carbons (Fsp3) is 0.600. The van der Waals surface area contributed by atoms with Gasteiger partial charge in [0.1, 0.15) is 5.76 Å². The van der Waals surface area contributed by atoms with Crippen molar-refractivity contribution in [1.82, 2.24) is 4.90 Å². The Labute approximate surface area is 119 Å². The quantitative estimate of drug-likeness (QED) is 0.891. The molecule has 1 aromatic heterocycles. The van der Waals surface area contributed by atoms with Gasteiger partial charge in [0.25, 0.3) is 0 Å². The van der Waals surface area contributed by atoms with E-state index in [1.807, 2.05) is 13.0 Å². The van der Waals surface area contributed by atoms with Crippen LogP contribution in [-0.4, -0.2) is 23.4 Å². The highest BCUT2D eigenvalue weighted by molar-refractivity contribution is 5.83. The fourth-order valence-electron chi connectivity index (χ4n) is 2.85. The second-order valence-electron chi connectivity index (χ2n) is 5.63. The van der Waals surface area contributed by atoms with Crippen LogP contribution in [0, 0.1) is 16.7 Å². The standard InChI is InChI=1S/C15H21N3O2/c1-15(7-2-6-13(15)17)14(19)18(9-4-8-16)11-12-5-3-10-20-12/h3,5,10,13H,2,4,6-7,9,11,17H2,1H3. The number of carbonyl (C=O) groups excluding carboxylic acids is 1. The summed E-state index contributed by atoms with van der Waals surface area (Å²) in [5, 5.41) is 8.77. The number of furan rings is 1. The Morgan fingerprint density at radius 2 is 2.50 bits per heavy atom. The Kier molecular flexibility index (Phi) is 4.46. The van der Waals surface area contributed by atoms with Crippen LogP contribution < -0.4 is 5.73 Å². The molecule has 0 bridgehead atoms. The van der Waals surface area contributed by atoms with E-state index in [1.165, 1.54) is 0 Å². The Morgan fingerprint density at radius 3 is 3.05 bits per heavy atom. The molecule has 0 aliphatic heterocycles. The predicted molar refractivity (Wildman–Crippen MR) is 74.3 cm³/mol. The molecule has 1 heterocycles. The van der Waals surface area contributed by atoms with Gasteiger partial charge >= 0.3 is 0 Å². The van der Waals surface area contributed by atoms with Crippen LogP contribution >= 0.6 is 0 Å². The van der Waals surface area contributed by atoms with Crippen molar-refractivity contribution >= 4 is 5.91 Å². The molecule has 108 valence electrons. The Bertz CT molecular complexity index is 492. The van der Waals surface area contributed by atoms with E-state index >= 15 is 0 Å². The number of nitriles is 1. The molecule has 1 aliphatic rings. The van der Waals surface area contributed by atoms with Gasteiger partial charge in [-0.2, -0.15) is 5.26 Å². The summed E-state index contributed by atoms with van der Waals surface area (Å²) < 4.78 is 5.31. The summed E-state index contributed by atoms with van der Waals surface area (Å²) in [6.45, 7) is 2.75. The fourth-order valence-corrected chi connectivity index (χ4v) is 2.85. The number of carbonyl (C=O) groups is 1. The molecule has 2 unspecified atom stereocenters. The largest absolute Gasteiger partial charge is 0.467 e. The highest BCUT2D eigenvalue weighted by Gasteiger charge is 2.45. The third kappa shape index (κ3) is 2.86. The number of hydrogen-bond donors (Lipinski definition) is 1. The van der Waals surface area contributed by atoms with Gasteiger partial charge in [0, 0.05) is 12.6 Å². The zero-order valence-electron chi connectivity index (χ0n) is 11.8. The molecule has 1 fully saturated rings. The van der Waals surface area contributed by atoms with Gasteiger partial charge in [-0.15, -0.1) is 0 Å². The number of nitrogens with two attached hydrogens (primary N) is 1. The Hall–Kier alpha value is -1.80. The third-order valence-electron chi connectivity index (χ3n) is 4.23. The summed E-state index contributed by atoms with van der Waals surface area (Å²) in [4.78, 5) is 14.5. The molecule has 2 atom stereocenters. The van der Waals surface area contributed by atoms with Crippen LogP contribution in [0.2, 0.25) is 0 Å². The molecule has 0 radical (unpaired) electrons. The van der Waals surface area contributed by atoms with E-state index in [0.717, 1.165) is 25.0 Å². The lowest BCUT2D eigenvalue weighted by Crippen LogP contribution is -2.49. The van der Waals surface area contributed by atoms with Crippen LogP contribution in [0.25, 0.3) is 0 Å². The van der Waals surface area contributed by atoms with Crippen LogP contribution in [-0.2, 0) is 11.3 Å². The van der Waals surface area contributed by atoms with Crippen molar-refractivity contribution in [3.63, 3.8) is 0 Å². The first-order valence-electron chi connectivity index (χ1n) is 7.02. The third-order valence-corrected chi connectivity index (χ3v) is 4.23. The predicted octanol–water partition coefficient (Wildman–Crippen LogP) is 2.04. The molecule has 2 rings (SSSR count). The summed E-state index contributed by atoms with van der Waals surface area (Å²) >= 11 is 0. The summed E-state index contributed by atoms with van der Waals surface area (Å²) in [7, 11) is 0. The smallest absolute Gasteiger partial charge is 0.230 e. The van der Waals surface area contributed by atoms with Crippen LogP contribution in [0.3, 0.4) is 0 Å². The number of rotatable bonds is 5. The minimum absolute atomic E-state index is 0.0363. The van der Waals surface area contributed by atoms with E-state index in [1.54, 1.807) is 17.2 Å². The van der Waals surface area contributed by atoms with Crippen LogP contribution in [0.4, 0.5) is 0 Å². The molecule has 0 spiro atoms. The molecular weight excluding hydrogens is 254 g/mol. The Balaban J connectivity index is 2.13. The van der Waals surface area contributed by atoms with E-state index in [4.69, 9.17) is 15.4 Å². The van der Waals surface area contributed by atoms with Crippen molar-refractivity contribution in [2.24, 2.45) is 11.1 Å². The molecule has 5 heteroatoms. The zero-order chi connectivity index (χ0) is 14.6. The molecule has 20 heavy (non-hydrogen) atoms. The maximum Gasteiger partial charge on any atom is 0.230 e. The highest BCUT2D eigenvalue weighted by atomic mass is 16.3. The van der Waals surface area contributed by atoms with Crippen molar-refractivity contribution in [3.8, 4) is 6.07 Å². The first-order valence-corrected chi connectivity index (χ1v) is 7.02.